The van der Waals surface area contributed by atoms with E-state index in [4.69, 9.17) is 27.7 Å². The fourth-order valence-electron chi connectivity index (χ4n) is 5.30. The van der Waals surface area contributed by atoms with E-state index in [-0.39, 0.29) is 17.9 Å². The maximum Gasteiger partial charge on any atom is 0.241 e. The summed E-state index contributed by atoms with van der Waals surface area (Å²) >= 11 is 12.3. The quantitative estimate of drug-likeness (QED) is 0.365. The van der Waals surface area contributed by atoms with Crippen molar-refractivity contribution < 1.29 is 9.32 Å². The van der Waals surface area contributed by atoms with E-state index >= 15 is 0 Å². The topological polar surface area (TPSA) is 74.5 Å². The first kappa shape index (κ1) is 27.0. The molecule has 0 radical (unpaired) electrons. The first-order valence-electron chi connectivity index (χ1n) is 13.5. The smallest absolute Gasteiger partial charge is 0.241 e. The van der Waals surface area contributed by atoms with Gasteiger partial charge in [0.2, 0.25) is 17.6 Å². The van der Waals surface area contributed by atoms with Gasteiger partial charge in [0.05, 0.1) is 17.6 Å². The summed E-state index contributed by atoms with van der Waals surface area (Å²) in [5, 5.41) is 8.35. The van der Waals surface area contributed by atoms with Crippen molar-refractivity contribution in [3.05, 3.63) is 64.0 Å². The van der Waals surface area contributed by atoms with Crippen molar-refractivity contribution in [3.63, 3.8) is 0 Å². The molecule has 2 fully saturated rings. The lowest BCUT2D eigenvalue weighted by molar-refractivity contribution is -0.127. The monoisotopic (exact) mass is 555 g/mol. The number of halogens is 2. The number of nitrogens with one attached hydrogen (secondary N) is 1. The summed E-state index contributed by atoms with van der Waals surface area (Å²) in [6.45, 7) is 8.78. The summed E-state index contributed by atoms with van der Waals surface area (Å²) in [6.07, 6.45) is 4.10. The average molecular weight is 557 g/mol. The summed E-state index contributed by atoms with van der Waals surface area (Å²) < 4.78 is 5.46. The van der Waals surface area contributed by atoms with Crippen LogP contribution in [-0.4, -0.2) is 47.1 Å². The highest BCUT2D eigenvalue weighted by molar-refractivity contribution is 6.36. The van der Waals surface area contributed by atoms with E-state index in [0.717, 1.165) is 50.5 Å². The summed E-state index contributed by atoms with van der Waals surface area (Å²) in [4.78, 5) is 22.2. The summed E-state index contributed by atoms with van der Waals surface area (Å²) in [5.74, 6) is 1.94. The van der Waals surface area contributed by atoms with Gasteiger partial charge >= 0.3 is 0 Å². The molecule has 2 aromatic carbocycles. The van der Waals surface area contributed by atoms with Crippen LogP contribution in [0.3, 0.4) is 0 Å². The second-order valence-corrected chi connectivity index (χ2v) is 11.5. The maximum absolute atomic E-state index is 13.0. The van der Waals surface area contributed by atoms with Crippen LogP contribution in [0.1, 0.15) is 57.0 Å². The highest BCUT2D eigenvalue weighted by Crippen LogP contribution is 2.29. The molecule has 1 amide bonds. The second kappa shape index (κ2) is 12.1. The minimum absolute atomic E-state index is 0.00873. The molecule has 3 aromatic rings. The molecule has 0 spiro atoms. The van der Waals surface area contributed by atoms with Crippen LogP contribution in [0.15, 0.2) is 47.0 Å². The van der Waals surface area contributed by atoms with Crippen molar-refractivity contribution in [2.45, 2.75) is 52.1 Å². The van der Waals surface area contributed by atoms with Gasteiger partial charge in [0.25, 0.3) is 0 Å². The van der Waals surface area contributed by atoms with Gasteiger partial charge in [-0.1, -0.05) is 47.4 Å². The maximum atomic E-state index is 13.0. The Kier molecular flexibility index (Phi) is 8.56. The number of hydrogen-bond donors (Lipinski definition) is 1. The average Bonchev–Trinajstić information content (AvgIpc) is 3.37. The number of nitrogens with zero attached hydrogens (tertiary/aromatic N) is 4. The van der Waals surface area contributed by atoms with Crippen molar-refractivity contribution in [1.29, 1.82) is 0 Å². The number of carbonyl (C=O) groups excluding carboxylic acids is 1. The molecule has 7 nitrogen and oxygen atoms in total. The number of amides is 1. The third kappa shape index (κ3) is 6.50. The van der Waals surface area contributed by atoms with E-state index in [9.17, 15) is 4.79 Å². The molecule has 1 unspecified atom stereocenters. The molecule has 1 aromatic heterocycles. The minimum atomic E-state index is -0.0209. The Hall–Kier alpha value is -2.61. The number of hydrogen-bond acceptors (Lipinski definition) is 6. The molecule has 0 saturated carbocycles. The van der Waals surface area contributed by atoms with E-state index in [0.29, 0.717) is 33.9 Å². The van der Waals surface area contributed by atoms with Gasteiger partial charge in [-0.2, -0.15) is 4.98 Å². The number of piperidine rings is 2. The fraction of sp³-hybridized carbons (Fsp3) is 0.483. The summed E-state index contributed by atoms with van der Waals surface area (Å²) in [7, 11) is 0. The van der Waals surface area contributed by atoms with Gasteiger partial charge in [-0.15, -0.1) is 0 Å². The Labute approximate surface area is 234 Å². The molecular weight excluding hydrogens is 521 g/mol. The van der Waals surface area contributed by atoms with Crippen LogP contribution < -0.4 is 10.2 Å². The molecule has 5 rings (SSSR count). The van der Waals surface area contributed by atoms with Crippen molar-refractivity contribution in [1.82, 2.24) is 20.4 Å². The number of benzene rings is 2. The highest BCUT2D eigenvalue weighted by atomic mass is 35.5. The van der Waals surface area contributed by atoms with E-state index in [1.807, 2.05) is 0 Å². The molecule has 0 bridgehead atoms. The van der Waals surface area contributed by atoms with Crippen LogP contribution in [0.5, 0.6) is 0 Å². The summed E-state index contributed by atoms with van der Waals surface area (Å²) in [5.41, 5.74) is 3.10. The number of rotatable bonds is 7. The van der Waals surface area contributed by atoms with Crippen LogP contribution in [-0.2, 0) is 11.3 Å². The Morgan fingerprint density at radius 2 is 1.76 bits per heavy atom. The lowest BCUT2D eigenvalue weighted by atomic mass is 9.95. The van der Waals surface area contributed by atoms with E-state index in [1.165, 1.54) is 18.5 Å². The van der Waals surface area contributed by atoms with Crippen LogP contribution in [0, 0.1) is 11.8 Å². The second-order valence-electron chi connectivity index (χ2n) is 10.7. The molecule has 1 atom stereocenters. The molecule has 38 heavy (non-hydrogen) atoms. The lowest BCUT2D eigenvalue weighted by Crippen LogP contribution is -2.41. The lowest BCUT2D eigenvalue weighted by Gasteiger charge is -2.32. The Morgan fingerprint density at radius 3 is 2.45 bits per heavy atom. The Balaban J connectivity index is 1.08. The normalized spacial score (nSPS) is 18.5. The van der Waals surface area contributed by atoms with E-state index in [2.05, 4.69) is 63.4 Å². The first-order chi connectivity index (χ1) is 18.4. The van der Waals surface area contributed by atoms with Crippen LogP contribution in [0.25, 0.3) is 11.4 Å². The van der Waals surface area contributed by atoms with Gasteiger partial charge in [0.1, 0.15) is 0 Å². The van der Waals surface area contributed by atoms with Crippen molar-refractivity contribution in [2.24, 2.45) is 11.8 Å². The standard InChI is InChI=1S/C29H35Cl2N5O2/c1-19-9-15-36(16-10-19)24-6-3-21(4-7-24)20(2)32-29(37)22-11-13-35(14-12-22)18-27-33-28(34-38-27)25-8-5-23(30)17-26(25)31/h3-8,17,19-20,22H,9-16,18H2,1-2H3,(H,32,37). The predicted molar refractivity (Wildman–Crippen MR) is 151 cm³/mol. The van der Waals surface area contributed by atoms with Crippen LogP contribution in [0.4, 0.5) is 5.69 Å². The highest BCUT2D eigenvalue weighted by Gasteiger charge is 2.27. The van der Waals surface area contributed by atoms with Crippen LogP contribution in [0.2, 0.25) is 10.0 Å². The SMILES string of the molecule is CC1CCN(c2ccc(C(C)NC(=O)C3CCN(Cc4nc(-c5ccc(Cl)cc5Cl)no4)CC3)cc2)CC1. The zero-order valence-corrected chi connectivity index (χ0v) is 23.5. The zero-order chi connectivity index (χ0) is 26.6. The number of anilines is 1. The van der Waals surface area contributed by atoms with Crippen molar-refractivity contribution in [2.75, 3.05) is 31.1 Å². The van der Waals surface area contributed by atoms with Gasteiger partial charge < -0.3 is 14.7 Å². The van der Waals surface area contributed by atoms with Gasteiger partial charge in [0, 0.05) is 35.3 Å². The van der Waals surface area contributed by atoms with Crippen molar-refractivity contribution >= 4 is 34.8 Å². The number of likely N-dealkylation sites (tertiary alicyclic amines) is 1. The van der Waals surface area contributed by atoms with E-state index in [1.54, 1.807) is 18.2 Å². The Bertz CT molecular complexity index is 1230. The molecule has 2 aliphatic rings. The van der Waals surface area contributed by atoms with Crippen molar-refractivity contribution in [3.8, 4) is 11.4 Å². The van der Waals surface area contributed by atoms with Crippen LogP contribution >= 0.6 is 23.2 Å². The fourth-order valence-corrected chi connectivity index (χ4v) is 5.79. The molecule has 202 valence electrons. The Morgan fingerprint density at radius 1 is 1.05 bits per heavy atom. The third-order valence-electron chi connectivity index (χ3n) is 7.86. The first-order valence-corrected chi connectivity index (χ1v) is 14.3. The van der Waals surface area contributed by atoms with Gasteiger partial charge in [-0.25, -0.2) is 0 Å². The predicted octanol–water partition coefficient (Wildman–Crippen LogP) is 6.37. The van der Waals surface area contributed by atoms with Gasteiger partial charge in [-0.05, 0) is 87.5 Å². The summed E-state index contributed by atoms with van der Waals surface area (Å²) in [6, 6.07) is 13.9. The molecule has 1 N–H and O–H groups in total. The van der Waals surface area contributed by atoms with Gasteiger partial charge in [-0.3, -0.25) is 9.69 Å². The van der Waals surface area contributed by atoms with Gasteiger partial charge in [0.15, 0.2) is 0 Å². The molecule has 3 heterocycles. The molecule has 2 saturated heterocycles. The largest absolute Gasteiger partial charge is 0.372 e. The third-order valence-corrected chi connectivity index (χ3v) is 8.41. The number of carbonyl (C=O) groups is 1. The molecule has 9 heteroatoms. The molecule has 0 aliphatic carbocycles. The van der Waals surface area contributed by atoms with E-state index < -0.39 is 0 Å². The molecule has 2 aliphatic heterocycles. The zero-order valence-electron chi connectivity index (χ0n) is 22.0. The minimum Gasteiger partial charge on any atom is -0.372 e. The number of aromatic nitrogens is 2. The molecular formula is C29H35Cl2N5O2.